The molecule has 1 aromatic heterocycles. The van der Waals surface area contributed by atoms with E-state index < -0.39 is 5.97 Å². The monoisotopic (exact) mass is 340 g/mol. The van der Waals surface area contributed by atoms with Crippen LogP contribution in [0.4, 0.5) is 5.13 Å². The number of nitrogens with one attached hydrogen (secondary N) is 1. The zero-order valence-electron chi connectivity index (χ0n) is 10.5. The van der Waals surface area contributed by atoms with Crippen LogP contribution in [-0.2, 0) is 0 Å². The van der Waals surface area contributed by atoms with Gasteiger partial charge < -0.3 is 10.4 Å². The standard InChI is InChI=1S/C13H13BrN2O2S/c1-7(9-4-3-5-10(14)6-9)15-13-16-8(2)11(19-13)12(17)18/h3-7H,1-2H3,(H,15,16)(H,17,18). The first kappa shape index (κ1) is 14.0. The van der Waals surface area contributed by atoms with E-state index in [4.69, 9.17) is 5.11 Å². The molecule has 1 heterocycles. The number of halogens is 1. The summed E-state index contributed by atoms with van der Waals surface area (Å²) < 4.78 is 1.01. The van der Waals surface area contributed by atoms with Crippen molar-refractivity contribution in [2.45, 2.75) is 19.9 Å². The number of carboxylic acid groups (broad SMARTS) is 1. The molecular formula is C13H13BrN2O2S. The van der Waals surface area contributed by atoms with Gasteiger partial charge in [-0.15, -0.1) is 0 Å². The summed E-state index contributed by atoms with van der Waals surface area (Å²) in [5, 5.41) is 12.9. The zero-order valence-corrected chi connectivity index (χ0v) is 12.9. The summed E-state index contributed by atoms with van der Waals surface area (Å²) in [6, 6.07) is 8.03. The molecule has 19 heavy (non-hydrogen) atoms. The first-order valence-electron chi connectivity index (χ1n) is 5.70. The van der Waals surface area contributed by atoms with E-state index in [-0.39, 0.29) is 10.9 Å². The molecule has 100 valence electrons. The second kappa shape index (κ2) is 5.71. The van der Waals surface area contributed by atoms with Crippen molar-refractivity contribution in [2.24, 2.45) is 0 Å². The molecule has 2 N–H and O–H groups in total. The Balaban J connectivity index is 2.17. The molecule has 0 aliphatic heterocycles. The topological polar surface area (TPSA) is 62.2 Å². The van der Waals surface area contributed by atoms with Crippen LogP contribution in [0.5, 0.6) is 0 Å². The molecule has 0 bridgehead atoms. The SMILES string of the molecule is Cc1nc(NC(C)c2cccc(Br)c2)sc1C(=O)O. The van der Waals surface area contributed by atoms with E-state index in [1.807, 2.05) is 31.2 Å². The summed E-state index contributed by atoms with van der Waals surface area (Å²) in [6.07, 6.45) is 0. The number of carbonyl (C=O) groups is 1. The fourth-order valence-electron chi connectivity index (χ4n) is 1.70. The van der Waals surface area contributed by atoms with Crippen molar-refractivity contribution >= 4 is 38.4 Å². The molecule has 0 fully saturated rings. The van der Waals surface area contributed by atoms with Crippen molar-refractivity contribution < 1.29 is 9.90 Å². The number of carboxylic acids is 1. The van der Waals surface area contributed by atoms with Crippen molar-refractivity contribution in [3.05, 3.63) is 44.9 Å². The van der Waals surface area contributed by atoms with Gasteiger partial charge in [-0.25, -0.2) is 9.78 Å². The highest BCUT2D eigenvalue weighted by Gasteiger charge is 2.15. The number of aromatic nitrogens is 1. The highest BCUT2D eigenvalue weighted by atomic mass is 79.9. The lowest BCUT2D eigenvalue weighted by Gasteiger charge is -2.13. The van der Waals surface area contributed by atoms with Crippen LogP contribution < -0.4 is 5.32 Å². The van der Waals surface area contributed by atoms with Gasteiger partial charge in [0, 0.05) is 4.47 Å². The predicted octanol–water partition coefficient (Wildman–Crippen LogP) is 4.09. The second-order valence-electron chi connectivity index (χ2n) is 4.16. The van der Waals surface area contributed by atoms with Crippen molar-refractivity contribution in [3.8, 4) is 0 Å². The minimum Gasteiger partial charge on any atom is -0.477 e. The molecule has 0 amide bonds. The Bertz CT molecular complexity index is 612. The Morgan fingerprint density at radius 2 is 2.26 bits per heavy atom. The minimum absolute atomic E-state index is 0.0599. The van der Waals surface area contributed by atoms with E-state index in [0.29, 0.717) is 10.8 Å². The Kier molecular flexibility index (Phi) is 4.21. The van der Waals surface area contributed by atoms with Crippen LogP contribution in [0.15, 0.2) is 28.7 Å². The van der Waals surface area contributed by atoms with Crippen LogP contribution in [-0.4, -0.2) is 16.1 Å². The lowest BCUT2D eigenvalue weighted by atomic mass is 10.1. The van der Waals surface area contributed by atoms with Gasteiger partial charge in [-0.1, -0.05) is 39.4 Å². The van der Waals surface area contributed by atoms with Gasteiger partial charge in [0.05, 0.1) is 11.7 Å². The van der Waals surface area contributed by atoms with Gasteiger partial charge in [0.2, 0.25) is 0 Å². The van der Waals surface area contributed by atoms with Crippen LogP contribution in [0.3, 0.4) is 0 Å². The van der Waals surface area contributed by atoms with Crippen molar-refractivity contribution in [1.29, 1.82) is 0 Å². The number of benzene rings is 1. The summed E-state index contributed by atoms with van der Waals surface area (Å²) in [6.45, 7) is 3.72. The van der Waals surface area contributed by atoms with Crippen molar-refractivity contribution in [2.75, 3.05) is 5.32 Å². The number of thiazole rings is 1. The molecule has 4 nitrogen and oxygen atoms in total. The third kappa shape index (κ3) is 3.33. The predicted molar refractivity (Wildman–Crippen MR) is 80.0 cm³/mol. The van der Waals surface area contributed by atoms with Crippen LogP contribution >= 0.6 is 27.3 Å². The average molecular weight is 341 g/mol. The highest BCUT2D eigenvalue weighted by Crippen LogP contribution is 2.27. The van der Waals surface area contributed by atoms with E-state index in [1.165, 1.54) is 0 Å². The van der Waals surface area contributed by atoms with Crippen LogP contribution in [0, 0.1) is 6.92 Å². The summed E-state index contributed by atoms with van der Waals surface area (Å²) in [5.74, 6) is -0.932. The molecule has 0 spiro atoms. The Hall–Kier alpha value is -1.40. The summed E-state index contributed by atoms with van der Waals surface area (Å²) >= 11 is 4.59. The van der Waals surface area contributed by atoms with Gasteiger partial charge in [0.1, 0.15) is 4.88 Å². The Morgan fingerprint density at radius 3 is 2.84 bits per heavy atom. The van der Waals surface area contributed by atoms with E-state index >= 15 is 0 Å². The Morgan fingerprint density at radius 1 is 1.53 bits per heavy atom. The zero-order chi connectivity index (χ0) is 14.0. The van der Waals surface area contributed by atoms with E-state index in [0.717, 1.165) is 21.4 Å². The number of hydrogen-bond donors (Lipinski definition) is 2. The summed E-state index contributed by atoms with van der Waals surface area (Å²) in [4.78, 5) is 15.5. The second-order valence-corrected chi connectivity index (χ2v) is 6.07. The lowest BCUT2D eigenvalue weighted by Crippen LogP contribution is -2.06. The molecule has 1 aromatic carbocycles. The highest BCUT2D eigenvalue weighted by molar-refractivity contribution is 9.10. The minimum atomic E-state index is -0.932. The smallest absolute Gasteiger partial charge is 0.347 e. The van der Waals surface area contributed by atoms with E-state index in [9.17, 15) is 4.79 Å². The molecule has 6 heteroatoms. The number of nitrogens with zero attached hydrogens (tertiary/aromatic N) is 1. The maximum Gasteiger partial charge on any atom is 0.347 e. The normalized spacial score (nSPS) is 12.2. The molecular weight excluding hydrogens is 328 g/mol. The summed E-state index contributed by atoms with van der Waals surface area (Å²) in [5.41, 5.74) is 1.65. The fraction of sp³-hybridized carbons (Fsp3) is 0.231. The molecule has 2 aromatic rings. The van der Waals surface area contributed by atoms with Gasteiger partial charge in [0.15, 0.2) is 5.13 Å². The van der Waals surface area contributed by atoms with Gasteiger partial charge >= 0.3 is 5.97 Å². The van der Waals surface area contributed by atoms with Crippen LogP contribution in [0.1, 0.15) is 33.9 Å². The number of hydrogen-bond acceptors (Lipinski definition) is 4. The number of aromatic carboxylic acids is 1. The third-order valence-corrected chi connectivity index (χ3v) is 4.25. The first-order chi connectivity index (χ1) is 8.97. The van der Waals surface area contributed by atoms with Crippen molar-refractivity contribution in [3.63, 3.8) is 0 Å². The van der Waals surface area contributed by atoms with Gasteiger partial charge in [-0.3, -0.25) is 0 Å². The van der Waals surface area contributed by atoms with Gasteiger partial charge in [-0.05, 0) is 31.5 Å². The van der Waals surface area contributed by atoms with Crippen LogP contribution in [0.2, 0.25) is 0 Å². The van der Waals surface area contributed by atoms with E-state index in [2.05, 4.69) is 26.2 Å². The van der Waals surface area contributed by atoms with Gasteiger partial charge in [-0.2, -0.15) is 0 Å². The maximum absolute atomic E-state index is 11.0. The number of anilines is 1. The summed E-state index contributed by atoms with van der Waals surface area (Å²) in [7, 11) is 0. The average Bonchev–Trinajstić information content (AvgIpc) is 2.70. The molecule has 0 saturated heterocycles. The molecule has 1 unspecified atom stereocenters. The molecule has 1 atom stereocenters. The number of aryl methyl sites for hydroxylation is 1. The van der Waals surface area contributed by atoms with Gasteiger partial charge in [0.25, 0.3) is 0 Å². The molecule has 0 radical (unpaired) electrons. The molecule has 0 aliphatic rings. The molecule has 0 aliphatic carbocycles. The first-order valence-corrected chi connectivity index (χ1v) is 7.31. The molecule has 0 saturated carbocycles. The quantitative estimate of drug-likeness (QED) is 0.879. The van der Waals surface area contributed by atoms with Crippen molar-refractivity contribution in [1.82, 2.24) is 4.98 Å². The largest absolute Gasteiger partial charge is 0.477 e. The maximum atomic E-state index is 11.0. The molecule has 2 rings (SSSR count). The number of rotatable bonds is 4. The van der Waals surface area contributed by atoms with Crippen LogP contribution in [0.25, 0.3) is 0 Å². The third-order valence-electron chi connectivity index (χ3n) is 2.68. The lowest BCUT2D eigenvalue weighted by molar-refractivity contribution is 0.0701. The Labute approximate surface area is 123 Å². The fourth-order valence-corrected chi connectivity index (χ4v) is 3.01. The van der Waals surface area contributed by atoms with E-state index in [1.54, 1.807) is 6.92 Å².